The fraction of sp³-hybridized carbons (Fsp3) is 0.692. The molecule has 1 amide bonds. The Morgan fingerprint density at radius 3 is 2.81 bits per heavy atom. The van der Waals surface area contributed by atoms with Crippen LogP contribution in [0, 0.1) is 5.92 Å². The van der Waals surface area contributed by atoms with E-state index in [4.69, 9.17) is 10.3 Å². The lowest BCUT2D eigenvalue weighted by atomic mass is 9.82. The second kappa shape index (κ2) is 5.13. The molecule has 0 aromatic rings. The van der Waals surface area contributed by atoms with Gasteiger partial charge >= 0.3 is 0 Å². The number of carbonyl (C=O) groups excluding carboxylic acids is 2. The number of halogens is 1. The molecule has 1 fully saturated rings. The third-order valence-electron chi connectivity index (χ3n) is 4.36. The fourth-order valence-corrected chi connectivity index (χ4v) is 2.77. The van der Waals surface area contributed by atoms with Crippen molar-refractivity contribution in [1.29, 1.82) is 0 Å². The molecule has 21 heavy (non-hydrogen) atoms. The first-order valence-corrected chi connectivity index (χ1v) is 6.73. The number of hydrogen-bond acceptors (Lipinski definition) is 4. The Labute approximate surface area is 121 Å². The number of rotatable bonds is 3. The summed E-state index contributed by atoms with van der Waals surface area (Å²) in [5.74, 6) is -3.56. The number of amides is 1. The van der Waals surface area contributed by atoms with Gasteiger partial charge < -0.3 is 4.74 Å². The smallest absolute Gasteiger partial charge is 0.236 e. The lowest BCUT2D eigenvalue weighted by molar-refractivity contribution is -0.186. The maximum atomic E-state index is 14.8. The number of nitrogens with zero attached hydrogens (tertiary/aromatic N) is 4. The van der Waals surface area contributed by atoms with Crippen LogP contribution in [0.5, 0.6) is 0 Å². The molecule has 0 aromatic heterocycles. The SMILES string of the molecule is CC[C@@]1(F)O[C@@H](N2C=CC(=O)CC2=O)[C@](C)(N=[N+]=[N-])[C@@H]1C. The third-order valence-corrected chi connectivity index (χ3v) is 4.36. The molecule has 0 aromatic carbocycles. The summed E-state index contributed by atoms with van der Waals surface area (Å²) in [4.78, 5) is 27.2. The van der Waals surface area contributed by atoms with Crippen LogP contribution >= 0.6 is 0 Å². The number of allylic oxidation sites excluding steroid dienone is 1. The van der Waals surface area contributed by atoms with E-state index in [0.717, 1.165) is 4.90 Å². The summed E-state index contributed by atoms with van der Waals surface area (Å²) in [6.07, 6.45) is 1.17. The zero-order chi connectivity index (χ0) is 15.8. The molecule has 2 aliphatic rings. The van der Waals surface area contributed by atoms with Gasteiger partial charge in [0.1, 0.15) is 0 Å². The molecular formula is C13H17FN4O3. The molecule has 0 N–H and O–H groups in total. The Kier molecular flexibility index (Phi) is 3.78. The van der Waals surface area contributed by atoms with E-state index in [-0.39, 0.29) is 18.6 Å². The highest BCUT2D eigenvalue weighted by Gasteiger charge is 2.61. The second-order valence-corrected chi connectivity index (χ2v) is 5.51. The van der Waals surface area contributed by atoms with E-state index >= 15 is 0 Å². The summed E-state index contributed by atoms with van der Waals surface area (Å²) >= 11 is 0. The highest BCUT2D eigenvalue weighted by molar-refractivity contribution is 6.06. The van der Waals surface area contributed by atoms with Gasteiger partial charge in [0, 0.05) is 23.5 Å². The molecule has 0 unspecified atom stereocenters. The van der Waals surface area contributed by atoms with Gasteiger partial charge in [0.25, 0.3) is 0 Å². The maximum Gasteiger partial charge on any atom is 0.236 e. The lowest BCUT2D eigenvalue weighted by Crippen LogP contribution is -2.50. The molecule has 2 aliphatic heterocycles. The number of hydrogen-bond donors (Lipinski definition) is 0. The molecule has 4 atom stereocenters. The first-order chi connectivity index (χ1) is 9.78. The Hall–Kier alpha value is -1.92. The lowest BCUT2D eigenvalue weighted by Gasteiger charge is -2.35. The fourth-order valence-electron chi connectivity index (χ4n) is 2.77. The molecule has 0 spiro atoms. The summed E-state index contributed by atoms with van der Waals surface area (Å²) in [6.45, 7) is 4.75. The van der Waals surface area contributed by atoms with Crippen molar-refractivity contribution in [3.8, 4) is 0 Å². The van der Waals surface area contributed by atoms with Crippen LogP contribution in [0.25, 0.3) is 10.4 Å². The highest BCUT2D eigenvalue weighted by Crippen LogP contribution is 2.49. The molecule has 7 nitrogen and oxygen atoms in total. The molecule has 8 heteroatoms. The van der Waals surface area contributed by atoms with Gasteiger partial charge in [-0.1, -0.05) is 19.0 Å². The van der Waals surface area contributed by atoms with Crippen LogP contribution in [0.4, 0.5) is 4.39 Å². The minimum absolute atomic E-state index is 0.0614. The molecule has 2 rings (SSSR count). The number of ketones is 1. The van der Waals surface area contributed by atoms with Crippen molar-refractivity contribution in [3.63, 3.8) is 0 Å². The molecule has 0 bridgehead atoms. The van der Waals surface area contributed by atoms with Crippen LogP contribution < -0.4 is 0 Å². The van der Waals surface area contributed by atoms with Crippen molar-refractivity contribution in [2.24, 2.45) is 11.0 Å². The average Bonchev–Trinajstić information content (AvgIpc) is 2.62. The largest absolute Gasteiger partial charge is 0.321 e. The quantitative estimate of drug-likeness (QED) is 0.346. The first-order valence-electron chi connectivity index (χ1n) is 6.73. The standard InChI is InChI=1S/C13H17FN4O3/c1-4-13(14)8(2)12(3,16-17-15)11(21-13)18-6-5-9(19)7-10(18)20/h5-6,8,11H,4,7H2,1-3H3/t8-,11+,12+,13+/m0/s1. The van der Waals surface area contributed by atoms with Crippen molar-refractivity contribution in [1.82, 2.24) is 4.90 Å². The van der Waals surface area contributed by atoms with Crippen molar-refractivity contribution in [2.45, 2.75) is 51.2 Å². The molecule has 2 heterocycles. The van der Waals surface area contributed by atoms with Gasteiger partial charge in [-0.2, -0.15) is 0 Å². The van der Waals surface area contributed by atoms with Gasteiger partial charge in [-0.05, 0) is 18.5 Å². The van der Waals surface area contributed by atoms with Gasteiger partial charge in [-0.25, -0.2) is 4.39 Å². The predicted molar refractivity (Wildman–Crippen MR) is 71.3 cm³/mol. The van der Waals surface area contributed by atoms with Crippen LogP contribution in [0.3, 0.4) is 0 Å². The molecule has 114 valence electrons. The van der Waals surface area contributed by atoms with E-state index < -0.39 is 29.4 Å². The van der Waals surface area contributed by atoms with Crippen molar-refractivity contribution < 1.29 is 18.7 Å². The number of carbonyl (C=O) groups is 2. The van der Waals surface area contributed by atoms with E-state index in [2.05, 4.69) is 10.0 Å². The Balaban J connectivity index is 2.46. The Morgan fingerprint density at radius 1 is 1.62 bits per heavy atom. The minimum atomic E-state index is -2.00. The van der Waals surface area contributed by atoms with Crippen molar-refractivity contribution in [3.05, 3.63) is 22.7 Å². The van der Waals surface area contributed by atoms with E-state index in [1.807, 2.05) is 0 Å². The molecule has 0 aliphatic carbocycles. The van der Waals surface area contributed by atoms with Crippen LogP contribution in [-0.4, -0.2) is 34.2 Å². The predicted octanol–water partition coefficient (Wildman–Crippen LogP) is 2.44. The van der Waals surface area contributed by atoms with Crippen LogP contribution in [0.2, 0.25) is 0 Å². The Morgan fingerprint density at radius 2 is 2.29 bits per heavy atom. The van der Waals surface area contributed by atoms with Gasteiger partial charge in [0.2, 0.25) is 11.8 Å². The van der Waals surface area contributed by atoms with Gasteiger partial charge in [-0.15, -0.1) is 0 Å². The third kappa shape index (κ3) is 2.30. The van der Waals surface area contributed by atoms with Gasteiger partial charge in [0.05, 0.1) is 12.0 Å². The van der Waals surface area contributed by atoms with Crippen LogP contribution in [0.1, 0.15) is 33.6 Å². The summed E-state index contributed by atoms with van der Waals surface area (Å²) in [6, 6.07) is 0. The van der Waals surface area contributed by atoms with Crippen molar-refractivity contribution >= 4 is 11.7 Å². The normalized spacial score (nSPS) is 39.5. The molecule has 1 saturated heterocycles. The summed E-state index contributed by atoms with van der Waals surface area (Å²) < 4.78 is 20.3. The van der Waals surface area contributed by atoms with Crippen LogP contribution in [0.15, 0.2) is 17.4 Å². The summed E-state index contributed by atoms with van der Waals surface area (Å²) in [5, 5.41) is 3.69. The summed E-state index contributed by atoms with van der Waals surface area (Å²) in [5.41, 5.74) is 7.52. The Bertz CT molecular complexity index is 560. The van der Waals surface area contributed by atoms with E-state index in [0.29, 0.717) is 0 Å². The first kappa shape index (κ1) is 15.5. The average molecular weight is 296 g/mol. The second-order valence-electron chi connectivity index (χ2n) is 5.51. The van der Waals surface area contributed by atoms with E-state index in [1.54, 1.807) is 20.8 Å². The maximum absolute atomic E-state index is 14.8. The van der Waals surface area contributed by atoms with Gasteiger partial charge in [-0.3, -0.25) is 14.5 Å². The molecule has 0 radical (unpaired) electrons. The van der Waals surface area contributed by atoms with Crippen LogP contribution in [-0.2, 0) is 14.3 Å². The monoisotopic (exact) mass is 296 g/mol. The minimum Gasteiger partial charge on any atom is -0.321 e. The zero-order valence-corrected chi connectivity index (χ0v) is 12.1. The van der Waals surface area contributed by atoms with E-state index in [9.17, 15) is 14.0 Å². The van der Waals surface area contributed by atoms with Gasteiger partial charge in [0.15, 0.2) is 12.0 Å². The number of azide groups is 1. The molecular weight excluding hydrogens is 279 g/mol. The number of alkyl halides is 1. The zero-order valence-electron chi connectivity index (χ0n) is 12.1. The van der Waals surface area contributed by atoms with E-state index in [1.165, 1.54) is 12.3 Å². The number of ether oxygens (including phenoxy) is 1. The van der Waals surface area contributed by atoms with Crippen molar-refractivity contribution in [2.75, 3.05) is 0 Å². The highest BCUT2D eigenvalue weighted by atomic mass is 19.2. The topological polar surface area (TPSA) is 95.4 Å². The molecule has 0 saturated carbocycles. The summed E-state index contributed by atoms with van der Waals surface area (Å²) in [7, 11) is 0.